The lowest BCUT2D eigenvalue weighted by atomic mass is 10.3. The van der Waals surface area contributed by atoms with Crippen molar-refractivity contribution in [1.82, 2.24) is 4.90 Å². The average Bonchev–Trinajstić information content (AvgIpc) is 2.29. The zero-order valence-electron chi connectivity index (χ0n) is 9.49. The number of rotatable bonds is 4. The Morgan fingerprint density at radius 3 is 2.73 bits per heavy atom. The summed E-state index contributed by atoms with van der Waals surface area (Å²) in [4.78, 5) is 13.5. The largest absolute Gasteiger partial charge is 0.461 e. The van der Waals surface area contributed by atoms with E-state index in [0.29, 0.717) is 12.2 Å². The van der Waals surface area contributed by atoms with E-state index in [9.17, 15) is 4.79 Å². The summed E-state index contributed by atoms with van der Waals surface area (Å²) in [6.07, 6.45) is 1.76. The minimum absolute atomic E-state index is 0.217. The minimum Gasteiger partial charge on any atom is -0.461 e. The van der Waals surface area contributed by atoms with E-state index in [4.69, 9.17) is 9.47 Å². The Balaban J connectivity index is 2.12. The molecule has 15 heavy (non-hydrogen) atoms. The topological polar surface area (TPSA) is 38.8 Å². The smallest absolute Gasteiger partial charge is 0.333 e. The first kappa shape index (κ1) is 12.2. The Morgan fingerprint density at radius 2 is 2.13 bits per heavy atom. The van der Waals surface area contributed by atoms with Crippen LogP contribution in [0.1, 0.15) is 13.8 Å². The summed E-state index contributed by atoms with van der Waals surface area (Å²) in [6.45, 7) is 8.27. The van der Waals surface area contributed by atoms with Crippen molar-refractivity contribution in [3.63, 3.8) is 0 Å². The second-order valence-corrected chi connectivity index (χ2v) is 3.56. The number of allylic oxidation sites excluding steroid dienone is 1. The summed E-state index contributed by atoms with van der Waals surface area (Å²) >= 11 is 0. The van der Waals surface area contributed by atoms with Gasteiger partial charge in [-0.2, -0.15) is 0 Å². The predicted octanol–water partition coefficient (Wildman–Crippen LogP) is 0.828. The zero-order chi connectivity index (χ0) is 11.1. The van der Waals surface area contributed by atoms with E-state index in [1.807, 2.05) is 6.92 Å². The van der Waals surface area contributed by atoms with Gasteiger partial charge >= 0.3 is 5.97 Å². The van der Waals surface area contributed by atoms with E-state index >= 15 is 0 Å². The van der Waals surface area contributed by atoms with Gasteiger partial charge in [-0.05, 0) is 13.8 Å². The third-order valence-corrected chi connectivity index (χ3v) is 2.50. The van der Waals surface area contributed by atoms with E-state index in [0.717, 1.165) is 32.8 Å². The van der Waals surface area contributed by atoms with E-state index in [2.05, 4.69) is 4.90 Å². The molecule has 4 nitrogen and oxygen atoms in total. The molecule has 1 aliphatic heterocycles. The van der Waals surface area contributed by atoms with Gasteiger partial charge in [0.2, 0.25) is 0 Å². The molecule has 1 aliphatic rings. The Labute approximate surface area is 90.8 Å². The molecule has 1 saturated heterocycles. The molecule has 1 heterocycles. The van der Waals surface area contributed by atoms with Gasteiger partial charge in [0, 0.05) is 25.2 Å². The summed E-state index contributed by atoms with van der Waals surface area (Å²) in [6, 6.07) is 0. The Kier molecular flexibility index (Phi) is 5.36. The molecule has 1 rings (SSSR count). The maximum absolute atomic E-state index is 11.3. The molecule has 0 amide bonds. The number of hydrogen-bond acceptors (Lipinski definition) is 4. The lowest BCUT2D eigenvalue weighted by Crippen LogP contribution is -2.38. The molecule has 0 radical (unpaired) electrons. The molecule has 0 spiro atoms. The molecule has 0 aromatic carbocycles. The van der Waals surface area contributed by atoms with Crippen molar-refractivity contribution in [2.24, 2.45) is 0 Å². The van der Waals surface area contributed by atoms with Gasteiger partial charge in [-0.1, -0.05) is 6.08 Å². The van der Waals surface area contributed by atoms with Gasteiger partial charge in [-0.3, -0.25) is 4.90 Å². The molecule has 0 aliphatic carbocycles. The van der Waals surface area contributed by atoms with Crippen molar-refractivity contribution in [2.45, 2.75) is 13.8 Å². The van der Waals surface area contributed by atoms with Gasteiger partial charge in [0.15, 0.2) is 0 Å². The Hall–Kier alpha value is -0.870. The number of morpholine rings is 1. The standard InChI is InChI=1S/C11H19NO3/c1-3-10(2)11(13)15-9-6-12-4-7-14-8-5-12/h3H,4-9H2,1-2H3/b10-3+. The number of carbonyl (C=O) groups is 1. The maximum atomic E-state index is 11.3. The van der Waals surface area contributed by atoms with Crippen LogP contribution in [-0.2, 0) is 14.3 Å². The van der Waals surface area contributed by atoms with E-state index < -0.39 is 0 Å². The van der Waals surface area contributed by atoms with Crippen molar-refractivity contribution in [1.29, 1.82) is 0 Å². The number of carbonyl (C=O) groups excluding carboxylic acids is 1. The van der Waals surface area contributed by atoms with Gasteiger partial charge in [-0.25, -0.2) is 4.79 Å². The summed E-state index contributed by atoms with van der Waals surface area (Å²) in [5.41, 5.74) is 0.664. The minimum atomic E-state index is -0.217. The fourth-order valence-electron chi connectivity index (χ4n) is 1.32. The third-order valence-electron chi connectivity index (χ3n) is 2.50. The van der Waals surface area contributed by atoms with Gasteiger partial charge in [0.05, 0.1) is 13.2 Å². The molecule has 0 saturated carbocycles. The van der Waals surface area contributed by atoms with Crippen molar-refractivity contribution < 1.29 is 14.3 Å². The van der Waals surface area contributed by atoms with Crippen LogP contribution < -0.4 is 0 Å². The van der Waals surface area contributed by atoms with Crippen LogP contribution in [0, 0.1) is 0 Å². The molecule has 0 unspecified atom stereocenters. The highest BCUT2D eigenvalue weighted by molar-refractivity contribution is 5.87. The van der Waals surface area contributed by atoms with Crippen LogP contribution in [0.15, 0.2) is 11.6 Å². The van der Waals surface area contributed by atoms with Crippen LogP contribution in [0.5, 0.6) is 0 Å². The monoisotopic (exact) mass is 213 g/mol. The van der Waals surface area contributed by atoms with Crippen LogP contribution in [0.2, 0.25) is 0 Å². The molecule has 86 valence electrons. The predicted molar refractivity (Wildman–Crippen MR) is 57.6 cm³/mol. The van der Waals surface area contributed by atoms with Crippen LogP contribution >= 0.6 is 0 Å². The first-order valence-corrected chi connectivity index (χ1v) is 5.34. The van der Waals surface area contributed by atoms with Crippen molar-refractivity contribution in [2.75, 3.05) is 39.5 Å². The van der Waals surface area contributed by atoms with Crippen LogP contribution in [0.4, 0.5) is 0 Å². The van der Waals surface area contributed by atoms with Crippen LogP contribution in [0.3, 0.4) is 0 Å². The molecular weight excluding hydrogens is 194 g/mol. The van der Waals surface area contributed by atoms with Gasteiger partial charge in [-0.15, -0.1) is 0 Å². The number of nitrogens with zero attached hydrogens (tertiary/aromatic N) is 1. The molecule has 0 aromatic heterocycles. The lowest BCUT2D eigenvalue weighted by molar-refractivity contribution is -0.139. The second-order valence-electron chi connectivity index (χ2n) is 3.56. The normalized spacial score (nSPS) is 18.9. The first-order valence-electron chi connectivity index (χ1n) is 5.34. The molecule has 0 atom stereocenters. The third kappa shape index (κ3) is 4.44. The highest BCUT2D eigenvalue weighted by Crippen LogP contribution is 1.98. The lowest BCUT2D eigenvalue weighted by Gasteiger charge is -2.26. The fourth-order valence-corrected chi connectivity index (χ4v) is 1.32. The highest BCUT2D eigenvalue weighted by Gasteiger charge is 2.11. The maximum Gasteiger partial charge on any atom is 0.333 e. The quantitative estimate of drug-likeness (QED) is 0.512. The van der Waals surface area contributed by atoms with Gasteiger partial charge < -0.3 is 9.47 Å². The van der Waals surface area contributed by atoms with E-state index in [1.54, 1.807) is 13.0 Å². The SMILES string of the molecule is C/C=C(\C)C(=O)OCCN1CCOCC1. The molecule has 1 fully saturated rings. The Bertz CT molecular complexity index is 232. The number of ether oxygens (including phenoxy) is 2. The molecular formula is C11H19NO3. The molecule has 0 bridgehead atoms. The first-order chi connectivity index (χ1) is 7.24. The summed E-state index contributed by atoms with van der Waals surface area (Å²) < 4.78 is 10.3. The van der Waals surface area contributed by atoms with Crippen molar-refractivity contribution in [3.05, 3.63) is 11.6 Å². The zero-order valence-corrected chi connectivity index (χ0v) is 9.49. The van der Waals surface area contributed by atoms with Gasteiger partial charge in [0.25, 0.3) is 0 Å². The van der Waals surface area contributed by atoms with Crippen molar-refractivity contribution >= 4 is 5.97 Å². The van der Waals surface area contributed by atoms with E-state index in [1.165, 1.54) is 0 Å². The molecule has 0 N–H and O–H groups in total. The fraction of sp³-hybridized carbons (Fsp3) is 0.727. The Morgan fingerprint density at radius 1 is 1.47 bits per heavy atom. The number of esters is 1. The summed E-state index contributed by atoms with van der Waals surface area (Å²) in [5, 5.41) is 0. The summed E-state index contributed by atoms with van der Waals surface area (Å²) in [5.74, 6) is -0.217. The number of hydrogen-bond donors (Lipinski definition) is 0. The van der Waals surface area contributed by atoms with Crippen molar-refractivity contribution in [3.8, 4) is 0 Å². The van der Waals surface area contributed by atoms with Crippen LogP contribution in [0.25, 0.3) is 0 Å². The van der Waals surface area contributed by atoms with Gasteiger partial charge in [0.1, 0.15) is 6.61 Å². The molecule has 4 heteroatoms. The summed E-state index contributed by atoms with van der Waals surface area (Å²) in [7, 11) is 0. The molecule has 0 aromatic rings. The highest BCUT2D eigenvalue weighted by atomic mass is 16.5. The average molecular weight is 213 g/mol. The second kappa shape index (κ2) is 6.58. The van der Waals surface area contributed by atoms with E-state index in [-0.39, 0.29) is 5.97 Å². The van der Waals surface area contributed by atoms with Crippen LogP contribution in [-0.4, -0.2) is 50.3 Å².